The molecule has 0 saturated heterocycles. The minimum Gasteiger partial charge on any atom is -0.382 e. The SMILES string of the molecule is C#CCc1nc(-c2cc(Cl)c3ncccc3c2)c(-c2ccn(C)n2)nc1N. The molecule has 0 amide bonds. The number of nitrogens with zero attached hydrogens (tertiary/aromatic N) is 5. The first kappa shape index (κ1) is 17.0. The molecule has 0 radical (unpaired) electrons. The summed E-state index contributed by atoms with van der Waals surface area (Å²) in [5.74, 6) is 2.87. The number of benzene rings is 1. The summed E-state index contributed by atoms with van der Waals surface area (Å²) in [5, 5.41) is 5.88. The van der Waals surface area contributed by atoms with Crippen LogP contribution in [0.2, 0.25) is 5.02 Å². The zero-order valence-corrected chi connectivity index (χ0v) is 15.3. The number of hydrogen-bond donors (Lipinski definition) is 1. The molecule has 6 nitrogen and oxygen atoms in total. The second kappa shape index (κ2) is 6.71. The van der Waals surface area contributed by atoms with Gasteiger partial charge in [0.2, 0.25) is 0 Å². The van der Waals surface area contributed by atoms with Gasteiger partial charge in [-0.2, -0.15) is 5.10 Å². The highest BCUT2D eigenvalue weighted by molar-refractivity contribution is 6.35. The van der Waals surface area contributed by atoms with Gasteiger partial charge in [0.05, 0.1) is 28.3 Å². The Morgan fingerprint density at radius 3 is 2.81 bits per heavy atom. The molecule has 0 unspecified atom stereocenters. The molecule has 3 heterocycles. The van der Waals surface area contributed by atoms with Gasteiger partial charge in [0.1, 0.15) is 17.2 Å². The average Bonchev–Trinajstić information content (AvgIpc) is 3.09. The summed E-state index contributed by atoms with van der Waals surface area (Å²) < 4.78 is 1.70. The Balaban J connectivity index is 2.00. The van der Waals surface area contributed by atoms with Crippen molar-refractivity contribution in [1.82, 2.24) is 24.7 Å². The Morgan fingerprint density at radius 2 is 2.07 bits per heavy atom. The number of rotatable bonds is 3. The van der Waals surface area contributed by atoms with Gasteiger partial charge in [0.15, 0.2) is 0 Å². The lowest BCUT2D eigenvalue weighted by Crippen LogP contribution is -2.05. The monoisotopic (exact) mass is 374 g/mol. The van der Waals surface area contributed by atoms with Gasteiger partial charge in [-0.1, -0.05) is 17.7 Å². The van der Waals surface area contributed by atoms with E-state index in [1.807, 2.05) is 43.6 Å². The molecule has 0 fully saturated rings. The summed E-state index contributed by atoms with van der Waals surface area (Å²) in [6.07, 6.45) is 9.29. The second-order valence-corrected chi connectivity index (χ2v) is 6.45. The molecule has 0 atom stereocenters. The van der Waals surface area contributed by atoms with E-state index >= 15 is 0 Å². The minimum atomic E-state index is 0.289. The number of nitrogens with two attached hydrogens (primary N) is 1. The van der Waals surface area contributed by atoms with Crippen LogP contribution in [0.15, 0.2) is 42.7 Å². The zero-order valence-electron chi connectivity index (χ0n) is 14.5. The van der Waals surface area contributed by atoms with Gasteiger partial charge in [-0.25, -0.2) is 9.97 Å². The maximum absolute atomic E-state index is 6.46. The average molecular weight is 375 g/mol. The Morgan fingerprint density at radius 1 is 1.22 bits per heavy atom. The van der Waals surface area contributed by atoms with Crippen LogP contribution in [-0.2, 0) is 13.5 Å². The highest BCUT2D eigenvalue weighted by Gasteiger charge is 2.18. The van der Waals surface area contributed by atoms with E-state index in [2.05, 4.69) is 21.0 Å². The molecule has 27 heavy (non-hydrogen) atoms. The van der Waals surface area contributed by atoms with Gasteiger partial charge in [-0.15, -0.1) is 12.3 Å². The molecule has 4 rings (SSSR count). The summed E-state index contributed by atoms with van der Waals surface area (Å²) in [6, 6.07) is 9.47. The molecule has 132 valence electrons. The number of hydrogen-bond acceptors (Lipinski definition) is 5. The van der Waals surface area contributed by atoms with E-state index in [1.54, 1.807) is 10.9 Å². The molecule has 0 aliphatic carbocycles. The lowest BCUT2D eigenvalue weighted by atomic mass is 10.0. The van der Waals surface area contributed by atoms with E-state index in [0.29, 0.717) is 33.6 Å². The van der Waals surface area contributed by atoms with Crippen molar-refractivity contribution >= 4 is 28.3 Å². The summed E-state index contributed by atoms with van der Waals surface area (Å²) in [7, 11) is 1.84. The van der Waals surface area contributed by atoms with Crippen LogP contribution in [0.25, 0.3) is 33.5 Å². The normalized spacial score (nSPS) is 10.9. The lowest BCUT2D eigenvalue weighted by Gasteiger charge is -2.12. The van der Waals surface area contributed by atoms with Crippen molar-refractivity contribution in [3.8, 4) is 35.0 Å². The fourth-order valence-electron chi connectivity index (χ4n) is 2.92. The van der Waals surface area contributed by atoms with Crippen molar-refractivity contribution in [1.29, 1.82) is 0 Å². The van der Waals surface area contributed by atoms with Crippen LogP contribution in [0.3, 0.4) is 0 Å². The van der Waals surface area contributed by atoms with Crippen LogP contribution in [0.1, 0.15) is 5.69 Å². The number of terminal acetylenes is 1. The molecule has 0 spiro atoms. The molecule has 3 aromatic heterocycles. The van der Waals surface area contributed by atoms with Gasteiger partial charge in [-0.05, 0) is 24.3 Å². The predicted molar refractivity (Wildman–Crippen MR) is 107 cm³/mol. The van der Waals surface area contributed by atoms with Crippen LogP contribution in [0, 0.1) is 12.3 Å². The third kappa shape index (κ3) is 3.09. The highest BCUT2D eigenvalue weighted by atomic mass is 35.5. The van der Waals surface area contributed by atoms with E-state index in [1.165, 1.54) is 0 Å². The maximum atomic E-state index is 6.46. The lowest BCUT2D eigenvalue weighted by molar-refractivity contribution is 0.770. The number of halogens is 1. The minimum absolute atomic E-state index is 0.289. The molecule has 0 aliphatic rings. The molecule has 0 bridgehead atoms. The Labute approximate surface area is 161 Å². The molecule has 7 heteroatoms. The van der Waals surface area contributed by atoms with Crippen molar-refractivity contribution in [2.75, 3.05) is 5.73 Å². The molecule has 2 N–H and O–H groups in total. The van der Waals surface area contributed by atoms with E-state index in [4.69, 9.17) is 28.7 Å². The largest absolute Gasteiger partial charge is 0.382 e. The molecule has 1 aromatic carbocycles. The fraction of sp³-hybridized carbons (Fsp3) is 0.100. The Hall–Kier alpha value is -3.43. The first-order chi connectivity index (χ1) is 13.1. The van der Waals surface area contributed by atoms with Gasteiger partial charge >= 0.3 is 0 Å². The summed E-state index contributed by atoms with van der Waals surface area (Å²) >= 11 is 6.46. The second-order valence-electron chi connectivity index (χ2n) is 6.04. The molecular formula is C20H15ClN6. The first-order valence-electron chi connectivity index (χ1n) is 8.21. The predicted octanol–water partition coefficient (Wildman–Crippen LogP) is 3.50. The number of fused-ring (bicyclic) bond motifs is 1. The van der Waals surface area contributed by atoms with Gasteiger partial charge < -0.3 is 5.73 Å². The summed E-state index contributed by atoms with van der Waals surface area (Å²) in [4.78, 5) is 13.6. The topological polar surface area (TPSA) is 82.5 Å². The van der Waals surface area contributed by atoms with Crippen molar-refractivity contribution in [3.63, 3.8) is 0 Å². The maximum Gasteiger partial charge on any atom is 0.147 e. The van der Waals surface area contributed by atoms with Crippen LogP contribution >= 0.6 is 11.6 Å². The number of pyridine rings is 1. The number of nitrogen functional groups attached to an aromatic ring is 1. The smallest absolute Gasteiger partial charge is 0.147 e. The highest BCUT2D eigenvalue weighted by Crippen LogP contribution is 2.34. The van der Waals surface area contributed by atoms with Crippen molar-refractivity contribution in [2.45, 2.75) is 6.42 Å². The van der Waals surface area contributed by atoms with Crippen molar-refractivity contribution in [2.24, 2.45) is 7.05 Å². The number of aromatic nitrogens is 5. The van der Waals surface area contributed by atoms with Crippen LogP contribution in [-0.4, -0.2) is 24.7 Å². The quantitative estimate of drug-likeness (QED) is 0.555. The van der Waals surface area contributed by atoms with Crippen LogP contribution in [0.5, 0.6) is 0 Å². The fourth-order valence-corrected chi connectivity index (χ4v) is 3.19. The van der Waals surface area contributed by atoms with Crippen LogP contribution in [0.4, 0.5) is 5.82 Å². The van der Waals surface area contributed by atoms with Crippen molar-refractivity contribution < 1.29 is 0 Å². The Bertz CT molecular complexity index is 1210. The van der Waals surface area contributed by atoms with Gasteiger partial charge in [0, 0.05) is 30.4 Å². The third-order valence-corrected chi connectivity index (χ3v) is 4.44. The van der Waals surface area contributed by atoms with Crippen molar-refractivity contribution in [3.05, 3.63) is 53.4 Å². The third-order valence-electron chi connectivity index (χ3n) is 4.16. The molecule has 4 aromatic rings. The summed E-state index contributed by atoms with van der Waals surface area (Å²) in [6.45, 7) is 0. The van der Waals surface area contributed by atoms with E-state index < -0.39 is 0 Å². The Kier molecular flexibility index (Phi) is 4.22. The zero-order chi connectivity index (χ0) is 19.0. The molecular weight excluding hydrogens is 360 g/mol. The van der Waals surface area contributed by atoms with E-state index in [9.17, 15) is 0 Å². The van der Waals surface area contributed by atoms with Gasteiger partial charge in [-0.3, -0.25) is 9.67 Å². The number of aryl methyl sites for hydroxylation is 1. The summed E-state index contributed by atoms with van der Waals surface area (Å²) in [5.41, 5.74) is 10.0. The van der Waals surface area contributed by atoms with Gasteiger partial charge in [0.25, 0.3) is 0 Å². The standard InChI is InChI=1S/C20H15ClN6/c1-3-5-16-20(22)25-19(15-7-9-27(2)26-15)18(24-16)13-10-12-6-4-8-23-17(12)14(21)11-13/h1,4,6-11H,5H2,2H3,(H2,22,25). The van der Waals surface area contributed by atoms with E-state index in [0.717, 1.165) is 16.5 Å². The molecule has 0 saturated carbocycles. The van der Waals surface area contributed by atoms with Crippen LogP contribution < -0.4 is 5.73 Å². The number of anilines is 1. The first-order valence-corrected chi connectivity index (χ1v) is 8.59. The molecule has 0 aliphatic heterocycles. The van der Waals surface area contributed by atoms with E-state index in [-0.39, 0.29) is 6.42 Å².